The summed E-state index contributed by atoms with van der Waals surface area (Å²) >= 11 is 1.81. The number of fused-ring (bicyclic) bond motifs is 3. The maximum absolute atomic E-state index is 10.1. The molecule has 0 amide bonds. The van der Waals surface area contributed by atoms with Crippen LogP contribution in [-0.4, -0.2) is 23.7 Å². The normalized spacial score (nSPS) is 35.3. The van der Waals surface area contributed by atoms with Gasteiger partial charge in [0.15, 0.2) is 5.13 Å². The van der Waals surface area contributed by atoms with Gasteiger partial charge in [0.25, 0.3) is 0 Å². The molecule has 0 aromatic carbocycles. The van der Waals surface area contributed by atoms with Crippen molar-refractivity contribution in [2.45, 2.75) is 51.0 Å². The standard InChI is InChI=1S/C16H24N2OS/c1-18(9-12-8-10-5-6-11(12)7-10)16-17-15-13(19)3-2-4-14(15)20-16/h10-13,19H,2-9H2,1H3. The van der Waals surface area contributed by atoms with Gasteiger partial charge in [-0.05, 0) is 56.3 Å². The van der Waals surface area contributed by atoms with Crippen LogP contribution in [0.3, 0.4) is 0 Å². The highest BCUT2D eigenvalue weighted by atomic mass is 32.1. The smallest absolute Gasteiger partial charge is 0.185 e. The highest BCUT2D eigenvalue weighted by Crippen LogP contribution is 2.48. The van der Waals surface area contributed by atoms with Crippen molar-refractivity contribution in [1.82, 2.24) is 4.98 Å². The van der Waals surface area contributed by atoms with E-state index in [-0.39, 0.29) is 6.10 Å². The lowest BCUT2D eigenvalue weighted by molar-refractivity contribution is 0.153. The fraction of sp³-hybridized carbons (Fsp3) is 0.812. The number of hydrogen-bond acceptors (Lipinski definition) is 4. The van der Waals surface area contributed by atoms with Crippen molar-refractivity contribution in [2.24, 2.45) is 17.8 Å². The van der Waals surface area contributed by atoms with E-state index in [9.17, 15) is 5.11 Å². The monoisotopic (exact) mass is 292 g/mol. The zero-order valence-corrected chi connectivity index (χ0v) is 13.0. The number of aliphatic hydroxyl groups excluding tert-OH is 1. The third kappa shape index (κ3) is 2.17. The van der Waals surface area contributed by atoms with Gasteiger partial charge in [-0.3, -0.25) is 0 Å². The summed E-state index contributed by atoms with van der Waals surface area (Å²) in [7, 11) is 2.18. The van der Waals surface area contributed by atoms with Gasteiger partial charge in [-0.1, -0.05) is 6.42 Å². The molecule has 2 saturated carbocycles. The van der Waals surface area contributed by atoms with E-state index in [4.69, 9.17) is 4.98 Å². The van der Waals surface area contributed by atoms with E-state index < -0.39 is 0 Å². The second-order valence-electron chi connectivity index (χ2n) is 7.03. The van der Waals surface area contributed by atoms with Crippen LogP contribution in [-0.2, 0) is 6.42 Å². The van der Waals surface area contributed by atoms with Crippen LogP contribution < -0.4 is 4.90 Å². The van der Waals surface area contributed by atoms with Crippen LogP contribution in [0.1, 0.15) is 55.2 Å². The van der Waals surface area contributed by atoms with Gasteiger partial charge >= 0.3 is 0 Å². The van der Waals surface area contributed by atoms with Gasteiger partial charge in [-0.2, -0.15) is 0 Å². The fourth-order valence-corrected chi connectivity index (χ4v) is 5.70. The maximum Gasteiger partial charge on any atom is 0.185 e. The number of rotatable bonds is 3. The summed E-state index contributed by atoms with van der Waals surface area (Å²) < 4.78 is 0. The minimum Gasteiger partial charge on any atom is -0.387 e. The summed E-state index contributed by atoms with van der Waals surface area (Å²) in [5, 5.41) is 11.2. The summed E-state index contributed by atoms with van der Waals surface area (Å²) in [6.07, 6.45) is 8.61. The number of thiazole rings is 1. The molecule has 2 bridgehead atoms. The molecule has 0 aliphatic heterocycles. The quantitative estimate of drug-likeness (QED) is 0.928. The number of aliphatic hydroxyl groups is 1. The first-order chi connectivity index (χ1) is 9.70. The lowest BCUT2D eigenvalue weighted by Crippen LogP contribution is -2.28. The van der Waals surface area contributed by atoms with Crippen molar-refractivity contribution in [3.05, 3.63) is 10.6 Å². The first-order valence-corrected chi connectivity index (χ1v) is 8.91. The van der Waals surface area contributed by atoms with Crippen LogP contribution in [0.4, 0.5) is 5.13 Å². The molecule has 1 aromatic heterocycles. The number of nitrogens with zero attached hydrogens (tertiary/aromatic N) is 2. The first kappa shape index (κ1) is 13.1. The predicted molar refractivity (Wildman–Crippen MR) is 82.2 cm³/mol. The Hall–Kier alpha value is -0.610. The van der Waals surface area contributed by atoms with E-state index in [2.05, 4.69) is 11.9 Å². The molecule has 4 heteroatoms. The van der Waals surface area contributed by atoms with E-state index in [1.54, 1.807) is 11.3 Å². The van der Waals surface area contributed by atoms with Crippen molar-refractivity contribution in [1.29, 1.82) is 0 Å². The Morgan fingerprint density at radius 2 is 2.20 bits per heavy atom. The second kappa shape index (κ2) is 4.99. The second-order valence-corrected chi connectivity index (χ2v) is 8.09. The molecule has 1 aromatic rings. The summed E-state index contributed by atoms with van der Waals surface area (Å²) in [5.41, 5.74) is 0.969. The number of anilines is 1. The van der Waals surface area contributed by atoms with E-state index in [0.29, 0.717) is 0 Å². The molecule has 20 heavy (non-hydrogen) atoms. The van der Waals surface area contributed by atoms with Crippen molar-refractivity contribution >= 4 is 16.5 Å². The third-order valence-corrected chi connectivity index (χ3v) is 6.88. The molecule has 0 saturated heterocycles. The predicted octanol–water partition coefficient (Wildman–Crippen LogP) is 3.39. The van der Waals surface area contributed by atoms with Crippen molar-refractivity contribution < 1.29 is 5.11 Å². The van der Waals surface area contributed by atoms with Gasteiger partial charge in [0, 0.05) is 18.5 Å². The fourth-order valence-electron chi connectivity index (χ4n) is 4.58. The molecule has 0 radical (unpaired) electrons. The Balaban J connectivity index is 1.47. The van der Waals surface area contributed by atoms with Gasteiger partial charge < -0.3 is 10.0 Å². The van der Waals surface area contributed by atoms with Crippen molar-refractivity contribution in [3.63, 3.8) is 0 Å². The van der Waals surface area contributed by atoms with Crippen molar-refractivity contribution in [3.8, 4) is 0 Å². The van der Waals surface area contributed by atoms with Crippen LogP contribution in [0.25, 0.3) is 0 Å². The van der Waals surface area contributed by atoms with Gasteiger partial charge in [-0.25, -0.2) is 4.98 Å². The zero-order chi connectivity index (χ0) is 13.7. The molecule has 3 aliphatic carbocycles. The first-order valence-electron chi connectivity index (χ1n) is 8.09. The molecular formula is C16H24N2OS. The van der Waals surface area contributed by atoms with Gasteiger partial charge in [-0.15, -0.1) is 11.3 Å². The Labute approximate surface area is 125 Å². The highest BCUT2D eigenvalue weighted by molar-refractivity contribution is 7.15. The van der Waals surface area contributed by atoms with Crippen LogP contribution >= 0.6 is 11.3 Å². The molecule has 4 atom stereocenters. The Kier molecular flexibility index (Phi) is 3.26. The summed E-state index contributed by atoms with van der Waals surface area (Å²) in [6, 6.07) is 0. The largest absolute Gasteiger partial charge is 0.387 e. The van der Waals surface area contributed by atoms with Gasteiger partial charge in [0.05, 0.1) is 11.8 Å². The maximum atomic E-state index is 10.1. The SMILES string of the molecule is CN(CC1CC2CCC1C2)c1nc2c(s1)CCCC2O. The van der Waals surface area contributed by atoms with E-state index in [1.807, 2.05) is 0 Å². The number of aromatic nitrogens is 1. The molecule has 1 N–H and O–H groups in total. The molecule has 110 valence electrons. The van der Waals surface area contributed by atoms with Crippen LogP contribution in [0, 0.1) is 17.8 Å². The molecule has 0 spiro atoms. The number of aryl methyl sites for hydroxylation is 1. The van der Waals surface area contributed by atoms with E-state index in [1.165, 1.54) is 30.6 Å². The van der Waals surface area contributed by atoms with Gasteiger partial charge in [0.2, 0.25) is 0 Å². The summed E-state index contributed by atoms with van der Waals surface area (Å²) in [6.45, 7) is 1.16. The Morgan fingerprint density at radius 1 is 1.30 bits per heavy atom. The van der Waals surface area contributed by atoms with Crippen LogP contribution in [0.2, 0.25) is 0 Å². The topological polar surface area (TPSA) is 36.4 Å². The summed E-state index contributed by atoms with van der Waals surface area (Å²) in [5.74, 6) is 2.87. The average Bonchev–Trinajstić information content (AvgIpc) is 3.12. The molecule has 1 heterocycles. The zero-order valence-electron chi connectivity index (χ0n) is 12.2. The highest BCUT2D eigenvalue weighted by Gasteiger charge is 2.40. The summed E-state index contributed by atoms with van der Waals surface area (Å²) in [4.78, 5) is 8.40. The lowest BCUT2D eigenvalue weighted by atomic mass is 9.88. The molecule has 3 aliphatic rings. The van der Waals surface area contributed by atoms with Gasteiger partial charge in [0.1, 0.15) is 0 Å². The van der Waals surface area contributed by atoms with E-state index >= 15 is 0 Å². The molecular weight excluding hydrogens is 268 g/mol. The van der Waals surface area contributed by atoms with Crippen molar-refractivity contribution in [2.75, 3.05) is 18.5 Å². The van der Waals surface area contributed by atoms with Crippen LogP contribution in [0.5, 0.6) is 0 Å². The third-order valence-electron chi connectivity index (χ3n) is 5.63. The molecule has 4 unspecified atom stereocenters. The number of hydrogen-bond donors (Lipinski definition) is 1. The lowest BCUT2D eigenvalue weighted by Gasteiger charge is -2.26. The minimum absolute atomic E-state index is 0.320. The molecule has 2 fully saturated rings. The molecule has 4 rings (SSSR count). The average molecular weight is 292 g/mol. The molecule has 3 nitrogen and oxygen atoms in total. The Bertz CT molecular complexity index is 501. The van der Waals surface area contributed by atoms with Crippen LogP contribution in [0.15, 0.2) is 0 Å². The minimum atomic E-state index is -0.320. The van der Waals surface area contributed by atoms with E-state index in [0.717, 1.165) is 54.4 Å². The Morgan fingerprint density at radius 3 is 2.90 bits per heavy atom.